The molecule has 6 unspecified atom stereocenters. The first-order valence-electron chi connectivity index (χ1n) is 20.4. The number of alkyl carbamates (subject to hydrolysis) is 1. The number of benzene rings is 1. The number of nitrogens with one attached hydrogen (secondary N) is 3. The molecule has 1 amide bonds. The largest absolute Gasteiger partial charge is 0.508 e. The van der Waals surface area contributed by atoms with Gasteiger partial charge in [-0.15, -0.1) is 11.8 Å². The van der Waals surface area contributed by atoms with Gasteiger partial charge in [0.15, 0.2) is 12.1 Å². The van der Waals surface area contributed by atoms with Crippen molar-refractivity contribution in [1.29, 1.82) is 0 Å². The number of phenols is 1. The van der Waals surface area contributed by atoms with Crippen molar-refractivity contribution in [2.75, 3.05) is 38.5 Å². The van der Waals surface area contributed by atoms with Gasteiger partial charge in [0.25, 0.3) is 0 Å². The molecule has 1 aromatic carbocycles. The average molecular weight is 937 g/mol. The van der Waals surface area contributed by atoms with Gasteiger partial charge in [0.2, 0.25) is 5.78 Å². The number of aromatic hydroxyl groups is 1. The van der Waals surface area contributed by atoms with Gasteiger partial charge in [0.05, 0.1) is 24.8 Å². The number of H-pyrrole nitrogens is 1. The molecule has 0 bridgehead atoms. The van der Waals surface area contributed by atoms with Crippen molar-refractivity contribution in [3.8, 4) is 29.4 Å². The van der Waals surface area contributed by atoms with Gasteiger partial charge in [-0.2, -0.15) is 0 Å². The minimum atomic E-state index is -2.01. The fourth-order valence-corrected chi connectivity index (χ4v) is 9.89. The predicted molar refractivity (Wildman–Crippen MR) is 251 cm³/mol. The summed E-state index contributed by atoms with van der Waals surface area (Å²) in [5.41, 5.74) is 1.65. The number of pyridine rings is 1. The molecule has 63 heavy (non-hydrogen) atoms. The highest BCUT2D eigenvalue weighted by molar-refractivity contribution is 8.56. The molecule has 14 nitrogen and oxygen atoms in total. The van der Waals surface area contributed by atoms with Crippen LogP contribution in [0.5, 0.6) is 5.75 Å². The zero-order chi connectivity index (χ0) is 45.6. The molecule has 6 N–H and O–H groups in total. The number of nitrogens with zero attached hydrogens (tertiary/aromatic N) is 1. The minimum Gasteiger partial charge on any atom is -0.508 e. The number of fused-ring (bicyclic) bond motifs is 3. The first kappa shape index (κ1) is 48.3. The molecule has 3 aromatic rings. The van der Waals surface area contributed by atoms with E-state index in [0.29, 0.717) is 28.2 Å². The van der Waals surface area contributed by atoms with Crippen LogP contribution in [0.25, 0.3) is 21.8 Å². The van der Waals surface area contributed by atoms with Crippen LogP contribution in [0.1, 0.15) is 50.5 Å². The lowest BCUT2D eigenvalue weighted by molar-refractivity contribution is -0.283. The fraction of sp³-hybridized carbons (Fsp3) is 0.467. The third-order valence-corrected chi connectivity index (χ3v) is 14.1. The lowest BCUT2D eigenvalue weighted by Gasteiger charge is -2.50. The first-order valence-corrected chi connectivity index (χ1v) is 25.7. The van der Waals surface area contributed by atoms with Crippen LogP contribution >= 0.6 is 11.8 Å². The van der Waals surface area contributed by atoms with Crippen molar-refractivity contribution in [3.05, 3.63) is 71.1 Å². The molecule has 336 valence electrons. The van der Waals surface area contributed by atoms with Crippen LogP contribution < -0.4 is 10.6 Å². The van der Waals surface area contributed by atoms with Crippen LogP contribution in [0.15, 0.2) is 65.4 Å². The Morgan fingerprint density at radius 3 is 2.65 bits per heavy atom. The maximum atomic E-state index is 15.1. The van der Waals surface area contributed by atoms with Gasteiger partial charge in [0.1, 0.15) is 40.5 Å². The average Bonchev–Trinajstić information content (AvgIpc) is 3.60. The maximum Gasteiger partial charge on any atom is 0.407 e. The molecule has 1 saturated heterocycles. The number of aliphatic hydroxyl groups excluding tert-OH is 2. The summed E-state index contributed by atoms with van der Waals surface area (Å²) in [5.74, 6) is 11.1. The number of carbonyl (C=O) groups excluding carboxylic acids is 3. The van der Waals surface area contributed by atoms with E-state index in [0.717, 1.165) is 31.8 Å². The summed E-state index contributed by atoms with van der Waals surface area (Å²) < 4.78 is 23.2. The van der Waals surface area contributed by atoms with E-state index in [1.54, 1.807) is 49.8 Å². The SMILES string of the molecule is COC(=O)NC1C(=O)C[C@H](O)/C(=C/CS(C)(=S)=S)C2=C1C#C/C=C\C#C[C@@H]2OC1OC(C)C(SC)(C(=O)c2nccc3c2[nH]c2ccc(O)cc23)C(O)C1OCCCCNC(C)C. The van der Waals surface area contributed by atoms with Crippen LogP contribution in [-0.2, 0) is 53.3 Å². The molecular weight excluding hydrogens is 885 g/mol. The number of carbonyl (C=O) groups is 3. The van der Waals surface area contributed by atoms with Crippen molar-refractivity contribution >= 4 is 80.8 Å². The van der Waals surface area contributed by atoms with Crippen molar-refractivity contribution in [2.45, 2.75) is 93.7 Å². The molecule has 8 atom stereocenters. The molecule has 2 aliphatic carbocycles. The number of ketones is 2. The number of ether oxygens (including phenoxy) is 4. The Morgan fingerprint density at radius 1 is 1.17 bits per heavy atom. The number of amides is 1. The van der Waals surface area contributed by atoms with Gasteiger partial charge >= 0.3 is 6.09 Å². The van der Waals surface area contributed by atoms with Crippen LogP contribution in [0.2, 0.25) is 0 Å². The summed E-state index contributed by atoms with van der Waals surface area (Å²) in [6.07, 6.45) is 1.54. The number of hydrogen-bond donors (Lipinski definition) is 6. The lowest BCUT2D eigenvalue weighted by Crippen LogP contribution is -2.68. The van der Waals surface area contributed by atoms with Crippen molar-refractivity contribution in [2.24, 2.45) is 0 Å². The van der Waals surface area contributed by atoms with E-state index < -0.39 is 78.8 Å². The number of thioether (sulfide) groups is 1. The Hall–Kier alpha value is -4.18. The fourth-order valence-electron chi connectivity index (χ4n) is 7.95. The Bertz CT molecular complexity index is 2580. The Morgan fingerprint density at radius 2 is 1.94 bits per heavy atom. The van der Waals surface area contributed by atoms with E-state index in [4.69, 9.17) is 41.3 Å². The molecule has 1 fully saturated rings. The van der Waals surface area contributed by atoms with Crippen LogP contribution in [0, 0.1) is 23.7 Å². The van der Waals surface area contributed by atoms with E-state index in [9.17, 15) is 24.9 Å². The molecule has 3 heterocycles. The van der Waals surface area contributed by atoms with Crippen molar-refractivity contribution < 1.29 is 48.7 Å². The molecule has 6 rings (SSSR count). The summed E-state index contributed by atoms with van der Waals surface area (Å²) in [5, 5.41) is 42.0. The summed E-state index contributed by atoms with van der Waals surface area (Å²) in [4.78, 5) is 49.5. The third-order valence-electron chi connectivity index (χ3n) is 11.0. The maximum absolute atomic E-state index is 15.1. The number of aromatic nitrogens is 2. The highest BCUT2D eigenvalue weighted by Gasteiger charge is 2.60. The van der Waals surface area contributed by atoms with Gasteiger partial charge in [-0.05, 0) is 103 Å². The number of hydrogen-bond acceptors (Lipinski definition) is 15. The number of rotatable bonds is 15. The minimum absolute atomic E-state index is 0.0564. The van der Waals surface area contributed by atoms with E-state index >= 15 is 4.79 Å². The van der Waals surface area contributed by atoms with Crippen molar-refractivity contribution in [3.63, 3.8) is 0 Å². The van der Waals surface area contributed by atoms with E-state index in [1.807, 2.05) is 0 Å². The molecule has 0 radical (unpaired) electrons. The molecular formula is C45H52N4O10S4. The van der Waals surface area contributed by atoms with E-state index in [-0.39, 0.29) is 46.6 Å². The van der Waals surface area contributed by atoms with Crippen molar-refractivity contribution in [1.82, 2.24) is 20.6 Å². The number of allylic oxidation sites excluding steroid dienone is 2. The number of phenolic OH excluding ortho intramolecular Hbond substituents is 1. The standard InChI is InChI=1S/C45H52N4O10S4/c1-25(2)46-19-11-12-21-57-40-42(54)45(62-5,41(53)39-38-28(17-20-47-39)31-23-27(50)15-16-32(31)48-38)26(3)58-43(40)59-35-14-10-8-7-9-13-30-36(35)29(18-22-63(6,60)61)33(51)24-34(52)37(30)49-44(55)56-4/h7-8,15-18,20,23,25-26,33,35,37,40,42-43,46,48,50-51,54H,11-12,19,21-22,24H2,1-6H3,(H,49,55)/b8-7-,29-18-/t26?,33-,35-,37?,40?,42?,43?,45?/m0/s1. The van der Waals surface area contributed by atoms with Gasteiger partial charge in [-0.25, -0.2) is 4.79 Å². The second-order valence-corrected chi connectivity index (χ2v) is 24.1. The number of unbranched alkanes of at least 4 members (excludes halogenated alkanes) is 1. The van der Waals surface area contributed by atoms with Gasteiger partial charge in [-0.1, -0.05) is 50.8 Å². The molecule has 2 aromatic heterocycles. The van der Waals surface area contributed by atoms with Crippen LogP contribution in [0.4, 0.5) is 4.79 Å². The molecule has 3 aliphatic rings. The third kappa shape index (κ3) is 10.7. The van der Waals surface area contributed by atoms with E-state index in [1.165, 1.54) is 18.3 Å². The van der Waals surface area contributed by atoms with Gasteiger partial charge in [-0.3, -0.25) is 14.6 Å². The van der Waals surface area contributed by atoms with Crippen LogP contribution in [-0.4, -0.2) is 135 Å². The highest BCUT2D eigenvalue weighted by atomic mass is 33.1. The smallest absolute Gasteiger partial charge is 0.407 e. The first-order chi connectivity index (χ1) is 30.0. The summed E-state index contributed by atoms with van der Waals surface area (Å²) in [6, 6.07) is 5.51. The topological polar surface area (TPSA) is 202 Å². The number of methoxy groups -OCH3 is 1. The Balaban J connectivity index is 1.46. The molecule has 0 saturated carbocycles. The summed E-state index contributed by atoms with van der Waals surface area (Å²) >= 11 is 12.3. The number of aliphatic hydroxyl groups is 2. The zero-order valence-electron chi connectivity index (χ0n) is 35.8. The highest BCUT2D eigenvalue weighted by Crippen LogP contribution is 2.45. The van der Waals surface area contributed by atoms with E-state index in [2.05, 4.69) is 58.1 Å². The lowest BCUT2D eigenvalue weighted by atomic mass is 9.83. The second kappa shape index (κ2) is 20.8. The van der Waals surface area contributed by atoms with Gasteiger partial charge in [0, 0.05) is 58.5 Å². The Labute approximate surface area is 380 Å². The Kier molecular flexibility index (Phi) is 15.9. The molecule has 0 spiro atoms. The monoisotopic (exact) mass is 936 g/mol. The number of Topliss-reactive ketones (excluding diaryl/α,β-unsaturated/α-hetero) is 2. The normalized spacial score (nSPS) is 27.3. The summed E-state index contributed by atoms with van der Waals surface area (Å²) in [6.45, 7) is 6.64. The van der Waals surface area contributed by atoms with Gasteiger partial charge < -0.3 is 49.9 Å². The molecule has 18 heteroatoms. The summed E-state index contributed by atoms with van der Waals surface area (Å²) in [7, 11) is -0.849. The second-order valence-electron chi connectivity index (χ2n) is 15.7. The molecule has 1 aliphatic heterocycles. The predicted octanol–water partition coefficient (Wildman–Crippen LogP) is 3.93. The quantitative estimate of drug-likeness (QED) is 0.0727. The van der Waals surface area contributed by atoms with Crippen LogP contribution in [0.3, 0.4) is 0 Å². The zero-order valence-corrected chi connectivity index (χ0v) is 39.0. The number of aromatic amines is 1.